The van der Waals surface area contributed by atoms with E-state index in [1.54, 1.807) is 54.3 Å². The maximum atomic E-state index is 13.0. The zero-order valence-electron chi connectivity index (χ0n) is 17.3. The van der Waals surface area contributed by atoms with Crippen LogP contribution in [-0.2, 0) is 21.1 Å². The highest BCUT2D eigenvalue weighted by Gasteiger charge is 2.22. The summed E-state index contributed by atoms with van der Waals surface area (Å²) in [6.07, 6.45) is 1.91. The summed E-state index contributed by atoms with van der Waals surface area (Å²) in [7, 11) is -3.29. The third kappa shape index (κ3) is 4.22. The second kappa shape index (κ2) is 8.00. The summed E-state index contributed by atoms with van der Waals surface area (Å²) in [6.45, 7) is 2.19. The molecule has 2 amide bonds. The number of nitrogens with one attached hydrogen (secondary N) is 1. The SMILES string of the molecule is CC(=O)N1CCc2cc(NC(=O)c3ccccc3-c3ccc(S(C)(=O)=O)cc3)ccc21. The van der Waals surface area contributed by atoms with E-state index in [9.17, 15) is 18.0 Å². The number of benzene rings is 3. The summed E-state index contributed by atoms with van der Waals surface area (Å²) in [5, 5.41) is 2.94. The van der Waals surface area contributed by atoms with E-state index >= 15 is 0 Å². The third-order valence-corrected chi connectivity index (χ3v) is 6.51. The Bertz CT molecular complexity index is 1280. The van der Waals surface area contributed by atoms with Crippen molar-refractivity contribution in [3.05, 3.63) is 77.9 Å². The van der Waals surface area contributed by atoms with Gasteiger partial charge in [-0.3, -0.25) is 9.59 Å². The van der Waals surface area contributed by atoms with Gasteiger partial charge in [0.15, 0.2) is 9.84 Å². The van der Waals surface area contributed by atoms with Crippen molar-refractivity contribution in [2.45, 2.75) is 18.2 Å². The van der Waals surface area contributed by atoms with Gasteiger partial charge in [0.05, 0.1) is 4.90 Å². The van der Waals surface area contributed by atoms with Crippen LogP contribution in [0, 0.1) is 0 Å². The lowest BCUT2D eigenvalue weighted by Crippen LogP contribution is -2.25. The zero-order valence-corrected chi connectivity index (χ0v) is 18.1. The summed E-state index contributed by atoms with van der Waals surface area (Å²) >= 11 is 0. The number of hydrogen-bond donors (Lipinski definition) is 1. The van der Waals surface area contributed by atoms with E-state index in [2.05, 4.69) is 5.32 Å². The minimum absolute atomic E-state index is 0.00588. The Kier molecular flexibility index (Phi) is 5.37. The molecule has 0 aromatic heterocycles. The number of carbonyl (C=O) groups excluding carboxylic acids is 2. The Morgan fingerprint density at radius 3 is 2.35 bits per heavy atom. The summed E-state index contributed by atoms with van der Waals surface area (Å²) in [5.74, 6) is -0.254. The smallest absolute Gasteiger partial charge is 0.256 e. The molecule has 4 rings (SSSR count). The second-order valence-corrected chi connectivity index (χ2v) is 9.58. The molecule has 6 nitrogen and oxygen atoms in total. The fourth-order valence-electron chi connectivity index (χ4n) is 3.82. The number of carbonyl (C=O) groups is 2. The number of fused-ring (bicyclic) bond motifs is 1. The molecule has 0 saturated heterocycles. The summed E-state index contributed by atoms with van der Waals surface area (Å²) in [4.78, 5) is 26.7. The molecule has 0 unspecified atom stereocenters. The van der Waals surface area contributed by atoms with Gasteiger partial charge in [-0.05, 0) is 59.5 Å². The van der Waals surface area contributed by atoms with Crippen molar-refractivity contribution in [2.75, 3.05) is 23.0 Å². The number of amides is 2. The molecule has 0 atom stereocenters. The molecule has 1 aliphatic heterocycles. The zero-order chi connectivity index (χ0) is 22.2. The monoisotopic (exact) mass is 434 g/mol. The van der Waals surface area contributed by atoms with Crippen LogP contribution in [0.25, 0.3) is 11.1 Å². The predicted molar refractivity (Wildman–Crippen MR) is 121 cm³/mol. The first-order chi connectivity index (χ1) is 14.7. The van der Waals surface area contributed by atoms with E-state index in [1.807, 2.05) is 24.3 Å². The third-order valence-electron chi connectivity index (χ3n) is 5.38. The highest BCUT2D eigenvalue weighted by molar-refractivity contribution is 7.90. The van der Waals surface area contributed by atoms with Crippen LogP contribution >= 0.6 is 0 Å². The first-order valence-electron chi connectivity index (χ1n) is 9.86. The molecule has 1 N–H and O–H groups in total. The summed E-state index contributed by atoms with van der Waals surface area (Å²) < 4.78 is 23.4. The molecule has 0 saturated carbocycles. The lowest BCUT2D eigenvalue weighted by atomic mass is 9.99. The fraction of sp³-hybridized carbons (Fsp3) is 0.167. The van der Waals surface area contributed by atoms with Crippen molar-refractivity contribution < 1.29 is 18.0 Å². The largest absolute Gasteiger partial charge is 0.322 e. The van der Waals surface area contributed by atoms with Crippen LogP contribution in [0.4, 0.5) is 11.4 Å². The van der Waals surface area contributed by atoms with E-state index < -0.39 is 9.84 Å². The Balaban J connectivity index is 1.60. The molecule has 1 aliphatic rings. The quantitative estimate of drug-likeness (QED) is 0.675. The Morgan fingerprint density at radius 1 is 0.968 bits per heavy atom. The minimum atomic E-state index is -3.29. The number of hydrogen-bond acceptors (Lipinski definition) is 4. The average Bonchev–Trinajstić information content (AvgIpc) is 3.17. The van der Waals surface area contributed by atoms with Crippen LogP contribution in [0.2, 0.25) is 0 Å². The molecule has 0 radical (unpaired) electrons. The minimum Gasteiger partial charge on any atom is -0.322 e. The van der Waals surface area contributed by atoms with Crippen molar-refractivity contribution in [2.24, 2.45) is 0 Å². The summed E-state index contributed by atoms with van der Waals surface area (Å²) in [6, 6.07) is 19.2. The molecule has 0 aliphatic carbocycles. The first-order valence-corrected chi connectivity index (χ1v) is 11.7. The van der Waals surface area contributed by atoms with Gasteiger partial charge in [0.2, 0.25) is 5.91 Å². The van der Waals surface area contributed by atoms with Gasteiger partial charge < -0.3 is 10.2 Å². The molecule has 31 heavy (non-hydrogen) atoms. The lowest BCUT2D eigenvalue weighted by molar-refractivity contribution is -0.116. The number of nitrogens with zero attached hydrogens (tertiary/aromatic N) is 1. The molecular weight excluding hydrogens is 412 g/mol. The van der Waals surface area contributed by atoms with E-state index in [4.69, 9.17) is 0 Å². The van der Waals surface area contributed by atoms with Crippen LogP contribution in [0.3, 0.4) is 0 Å². The highest BCUT2D eigenvalue weighted by atomic mass is 32.2. The maximum absolute atomic E-state index is 13.0. The highest BCUT2D eigenvalue weighted by Crippen LogP contribution is 2.31. The topological polar surface area (TPSA) is 83.6 Å². The van der Waals surface area contributed by atoms with Gasteiger partial charge in [-0.1, -0.05) is 30.3 Å². The second-order valence-electron chi connectivity index (χ2n) is 7.56. The molecular formula is C24H22N2O4S. The van der Waals surface area contributed by atoms with Gasteiger partial charge >= 0.3 is 0 Å². The normalized spacial score (nSPS) is 13.0. The molecule has 158 valence electrons. The van der Waals surface area contributed by atoms with Crippen LogP contribution in [0.1, 0.15) is 22.8 Å². The van der Waals surface area contributed by atoms with E-state index in [0.29, 0.717) is 23.4 Å². The number of sulfone groups is 1. The van der Waals surface area contributed by atoms with Gasteiger partial charge in [0, 0.05) is 36.7 Å². The van der Waals surface area contributed by atoms with Crippen molar-refractivity contribution in [1.82, 2.24) is 0 Å². The van der Waals surface area contributed by atoms with Crippen molar-refractivity contribution in [3.63, 3.8) is 0 Å². The van der Waals surface area contributed by atoms with Gasteiger partial charge in [0.1, 0.15) is 0 Å². The van der Waals surface area contributed by atoms with Crippen LogP contribution in [0.5, 0.6) is 0 Å². The van der Waals surface area contributed by atoms with Gasteiger partial charge in [-0.25, -0.2) is 8.42 Å². The molecule has 3 aromatic carbocycles. The first kappa shape index (κ1) is 20.8. The summed E-state index contributed by atoms with van der Waals surface area (Å²) in [5.41, 5.74) is 4.53. The molecule has 3 aromatic rings. The van der Waals surface area contributed by atoms with Gasteiger partial charge in [-0.2, -0.15) is 0 Å². The van der Waals surface area contributed by atoms with E-state index in [-0.39, 0.29) is 16.7 Å². The van der Waals surface area contributed by atoms with Gasteiger partial charge in [0.25, 0.3) is 5.91 Å². The van der Waals surface area contributed by atoms with Crippen molar-refractivity contribution in [1.29, 1.82) is 0 Å². The van der Waals surface area contributed by atoms with Gasteiger partial charge in [-0.15, -0.1) is 0 Å². The van der Waals surface area contributed by atoms with Crippen LogP contribution in [0.15, 0.2) is 71.6 Å². The Labute approximate surface area is 181 Å². The molecule has 0 fully saturated rings. The number of anilines is 2. The lowest BCUT2D eigenvalue weighted by Gasteiger charge is -2.15. The molecule has 1 heterocycles. The van der Waals surface area contributed by atoms with Crippen LogP contribution < -0.4 is 10.2 Å². The Hall–Kier alpha value is -3.45. The van der Waals surface area contributed by atoms with Crippen LogP contribution in [-0.4, -0.2) is 33.0 Å². The molecule has 0 spiro atoms. The Morgan fingerprint density at radius 2 is 1.68 bits per heavy atom. The molecule has 0 bridgehead atoms. The maximum Gasteiger partial charge on any atom is 0.256 e. The fourth-order valence-corrected chi connectivity index (χ4v) is 4.45. The standard InChI is InChI=1S/C24H22N2O4S/c1-16(27)26-14-13-18-15-19(9-12-23(18)26)25-24(28)22-6-4-3-5-21(22)17-7-10-20(11-8-17)31(2,29)30/h3-12,15H,13-14H2,1-2H3,(H,25,28). The van der Waals surface area contributed by atoms with Crippen molar-refractivity contribution in [3.8, 4) is 11.1 Å². The van der Waals surface area contributed by atoms with Crippen molar-refractivity contribution >= 4 is 33.0 Å². The predicted octanol–water partition coefficient (Wildman–Crippen LogP) is 3.92. The molecule has 7 heteroatoms. The van der Waals surface area contributed by atoms with E-state index in [0.717, 1.165) is 29.5 Å². The van der Waals surface area contributed by atoms with E-state index in [1.165, 1.54) is 0 Å². The average molecular weight is 435 g/mol. The number of rotatable bonds is 4.